The second kappa shape index (κ2) is 7.83. The van der Waals surface area contributed by atoms with E-state index in [0.717, 1.165) is 11.6 Å². The number of hydrogen-bond donors (Lipinski definition) is 2. The molecule has 0 amide bonds. The highest BCUT2D eigenvalue weighted by Crippen LogP contribution is 2.38. The molecule has 9 heteroatoms. The SMILES string of the molecule is C[C@H](c1ccccc1F)c1c(F)ccc2c1NC(=NCc1ccncc1)NS2(=O)=O. The average Bonchev–Trinajstić information content (AvgIpc) is 2.72. The predicted molar refractivity (Wildman–Crippen MR) is 110 cm³/mol. The molecule has 1 aliphatic heterocycles. The fourth-order valence-electron chi connectivity index (χ4n) is 3.39. The fraction of sp³-hybridized carbons (Fsp3) is 0.143. The molecule has 0 spiro atoms. The molecule has 0 bridgehead atoms. The molecule has 0 radical (unpaired) electrons. The third-order valence-corrected chi connectivity index (χ3v) is 6.27. The van der Waals surface area contributed by atoms with Crippen molar-refractivity contribution in [1.82, 2.24) is 9.71 Å². The van der Waals surface area contributed by atoms with Gasteiger partial charge in [0.25, 0.3) is 10.0 Å². The molecule has 1 aliphatic rings. The van der Waals surface area contributed by atoms with Crippen LogP contribution in [0.4, 0.5) is 14.5 Å². The van der Waals surface area contributed by atoms with E-state index in [1.165, 1.54) is 12.1 Å². The van der Waals surface area contributed by atoms with Crippen LogP contribution < -0.4 is 10.0 Å². The number of aromatic nitrogens is 1. The standard InChI is InChI=1S/C21H18F2N4O2S/c1-13(15-4-2-3-5-16(15)22)19-17(23)6-7-18-20(19)26-21(27-30(18,28)29)25-12-14-8-10-24-11-9-14/h2-11,13H,12H2,1H3,(H2,25,26,27)/t13-/m1/s1. The van der Waals surface area contributed by atoms with Crippen molar-refractivity contribution in [2.24, 2.45) is 4.99 Å². The summed E-state index contributed by atoms with van der Waals surface area (Å²) in [5.74, 6) is -1.90. The van der Waals surface area contributed by atoms with Crippen LogP contribution in [0.2, 0.25) is 0 Å². The summed E-state index contributed by atoms with van der Waals surface area (Å²) in [6, 6.07) is 11.8. The van der Waals surface area contributed by atoms with Crippen molar-refractivity contribution >= 4 is 21.7 Å². The topological polar surface area (TPSA) is 83.4 Å². The van der Waals surface area contributed by atoms with Crippen molar-refractivity contribution in [3.63, 3.8) is 0 Å². The Hall–Kier alpha value is -3.33. The summed E-state index contributed by atoms with van der Waals surface area (Å²) in [4.78, 5) is 8.06. The summed E-state index contributed by atoms with van der Waals surface area (Å²) >= 11 is 0. The quantitative estimate of drug-likeness (QED) is 0.663. The van der Waals surface area contributed by atoms with Gasteiger partial charge in [0.05, 0.1) is 12.2 Å². The Morgan fingerprint density at radius 3 is 2.50 bits per heavy atom. The van der Waals surface area contributed by atoms with Crippen molar-refractivity contribution in [1.29, 1.82) is 0 Å². The molecule has 6 nitrogen and oxygen atoms in total. The normalized spacial score (nSPS) is 17.0. The molecule has 1 atom stereocenters. The van der Waals surface area contributed by atoms with E-state index in [-0.39, 0.29) is 34.2 Å². The van der Waals surface area contributed by atoms with Crippen molar-refractivity contribution in [2.75, 3.05) is 5.32 Å². The monoisotopic (exact) mass is 428 g/mol. The van der Waals surface area contributed by atoms with Crippen molar-refractivity contribution in [2.45, 2.75) is 24.3 Å². The number of nitrogens with zero attached hydrogens (tertiary/aromatic N) is 2. The number of hydrogen-bond acceptors (Lipinski definition) is 4. The van der Waals surface area contributed by atoms with Gasteiger partial charge in [-0.05, 0) is 41.5 Å². The molecule has 0 saturated carbocycles. The van der Waals surface area contributed by atoms with Gasteiger partial charge in [-0.25, -0.2) is 26.9 Å². The highest BCUT2D eigenvalue weighted by Gasteiger charge is 2.32. The number of benzene rings is 2. The molecule has 2 aromatic carbocycles. The zero-order valence-electron chi connectivity index (χ0n) is 15.9. The molecule has 0 fully saturated rings. The molecule has 3 aromatic rings. The Bertz CT molecular complexity index is 1230. The minimum absolute atomic E-state index is 0.0353. The molecule has 1 aromatic heterocycles. The van der Waals surface area contributed by atoms with Gasteiger partial charge in [-0.2, -0.15) is 0 Å². The molecule has 0 saturated heterocycles. The average molecular weight is 428 g/mol. The van der Waals surface area contributed by atoms with Crippen molar-refractivity contribution in [3.8, 4) is 0 Å². The summed E-state index contributed by atoms with van der Waals surface area (Å²) in [6.45, 7) is 1.82. The molecule has 154 valence electrons. The highest BCUT2D eigenvalue weighted by molar-refractivity contribution is 7.90. The Morgan fingerprint density at radius 2 is 1.77 bits per heavy atom. The predicted octanol–water partition coefficient (Wildman–Crippen LogP) is 3.77. The first-order valence-electron chi connectivity index (χ1n) is 9.17. The van der Waals surface area contributed by atoms with E-state index in [2.05, 4.69) is 20.0 Å². The van der Waals surface area contributed by atoms with Gasteiger partial charge in [-0.1, -0.05) is 25.1 Å². The zero-order valence-corrected chi connectivity index (χ0v) is 16.7. The molecule has 2 heterocycles. The Kier molecular flexibility index (Phi) is 5.21. The van der Waals surface area contributed by atoms with Crippen LogP contribution in [0.3, 0.4) is 0 Å². The van der Waals surface area contributed by atoms with Crippen LogP contribution in [-0.2, 0) is 16.6 Å². The lowest BCUT2D eigenvalue weighted by Crippen LogP contribution is -2.41. The largest absolute Gasteiger partial charge is 0.324 e. The van der Waals surface area contributed by atoms with E-state index >= 15 is 0 Å². The molecule has 2 N–H and O–H groups in total. The summed E-state index contributed by atoms with van der Waals surface area (Å²) in [7, 11) is -3.98. The number of anilines is 1. The fourth-order valence-corrected chi connectivity index (χ4v) is 4.55. The zero-order chi connectivity index (χ0) is 21.3. The highest BCUT2D eigenvalue weighted by atomic mass is 32.2. The summed E-state index contributed by atoms with van der Waals surface area (Å²) in [5.41, 5.74) is 1.19. The lowest BCUT2D eigenvalue weighted by Gasteiger charge is -2.26. The van der Waals surface area contributed by atoms with E-state index in [1.807, 2.05) is 0 Å². The molecule has 0 aliphatic carbocycles. The molecular formula is C21H18F2N4O2S. The minimum Gasteiger partial charge on any atom is -0.324 e. The van der Waals surface area contributed by atoms with E-state index < -0.39 is 27.6 Å². The van der Waals surface area contributed by atoms with Gasteiger partial charge in [0.15, 0.2) is 0 Å². The van der Waals surface area contributed by atoms with E-state index in [4.69, 9.17) is 0 Å². The molecular weight excluding hydrogens is 410 g/mol. The van der Waals surface area contributed by atoms with Gasteiger partial charge in [0.1, 0.15) is 16.5 Å². The van der Waals surface area contributed by atoms with Crippen LogP contribution in [0.25, 0.3) is 0 Å². The van der Waals surface area contributed by atoms with E-state index in [9.17, 15) is 17.2 Å². The van der Waals surface area contributed by atoms with Gasteiger partial charge in [0, 0.05) is 23.9 Å². The van der Waals surface area contributed by atoms with Crippen molar-refractivity contribution in [3.05, 3.63) is 89.2 Å². The number of sulfonamides is 1. The van der Waals surface area contributed by atoms with Crippen LogP contribution in [0.5, 0.6) is 0 Å². The number of fused-ring (bicyclic) bond motifs is 1. The second-order valence-electron chi connectivity index (χ2n) is 6.83. The maximum Gasteiger partial charge on any atom is 0.266 e. The van der Waals surface area contributed by atoms with Gasteiger partial charge >= 0.3 is 0 Å². The Labute approximate surface area is 172 Å². The first-order valence-corrected chi connectivity index (χ1v) is 10.6. The Balaban J connectivity index is 1.79. The van der Waals surface area contributed by atoms with Crippen LogP contribution in [0.1, 0.15) is 29.5 Å². The maximum absolute atomic E-state index is 14.9. The minimum atomic E-state index is -3.98. The number of nitrogens with one attached hydrogen (secondary N) is 2. The number of guanidine groups is 1. The van der Waals surface area contributed by atoms with E-state index in [0.29, 0.717) is 0 Å². The van der Waals surface area contributed by atoms with Gasteiger partial charge in [0.2, 0.25) is 5.96 Å². The summed E-state index contributed by atoms with van der Waals surface area (Å²) in [5, 5.41) is 2.88. The summed E-state index contributed by atoms with van der Waals surface area (Å²) < 4.78 is 57.0. The van der Waals surface area contributed by atoms with Crippen LogP contribution in [-0.4, -0.2) is 19.4 Å². The Morgan fingerprint density at radius 1 is 1.03 bits per heavy atom. The second-order valence-corrected chi connectivity index (χ2v) is 8.48. The van der Waals surface area contributed by atoms with Gasteiger partial charge in [-0.3, -0.25) is 4.98 Å². The summed E-state index contributed by atoms with van der Waals surface area (Å²) in [6.07, 6.45) is 3.21. The van der Waals surface area contributed by atoms with Gasteiger partial charge in [-0.15, -0.1) is 0 Å². The smallest absolute Gasteiger partial charge is 0.266 e. The first-order chi connectivity index (χ1) is 14.4. The van der Waals surface area contributed by atoms with E-state index in [1.54, 1.807) is 49.6 Å². The third kappa shape index (κ3) is 3.76. The lowest BCUT2D eigenvalue weighted by molar-refractivity contribution is 0.577. The first kappa shape index (κ1) is 20.0. The van der Waals surface area contributed by atoms with Crippen molar-refractivity contribution < 1.29 is 17.2 Å². The van der Waals surface area contributed by atoms with Gasteiger partial charge < -0.3 is 5.32 Å². The van der Waals surface area contributed by atoms with Crippen LogP contribution in [0.15, 0.2) is 70.8 Å². The van der Waals surface area contributed by atoms with Crippen LogP contribution >= 0.6 is 0 Å². The molecule has 0 unspecified atom stereocenters. The number of rotatable bonds is 4. The molecule has 30 heavy (non-hydrogen) atoms. The number of pyridine rings is 1. The molecule has 4 rings (SSSR count). The third-order valence-electron chi connectivity index (χ3n) is 4.89. The maximum atomic E-state index is 14.9. The number of halogens is 2. The number of aliphatic imine (C=N–C) groups is 1. The van der Waals surface area contributed by atoms with Crippen LogP contribution in [0, 0.1) is 11.6 Å². The lowest BCUT2D eigenvalue weighted by atomic mass is 9.91.